The quantitative estimate of drug-likeness (QED) is 0.787. The number of nitrogens with zero attached hydrogens (tertiary/aromatic N) is 4. The largest absolute Gasteiger partial charge is 0.444 e. The number of carbonyl (C=O) groups excluding carboxylic acids is 2. The molecule has 1 aliphatic heterocycles. The summed E-state index contributed by atoms with van der Waals surface area (Å²) < 4.78 is 20.9. The number of aromatic nitrogens is 2. The van der Waals surface area contributed by atoms with Gasteiger partial charge in [-0.3, -0.25) is 9.69 Å². The first kappa shape index (κ1) is 22.7. The first-order valence-corrected chi connectivity index (χ1v) is 10.4. The Hall–Kier alpha value is -2.94. The van der Waals surface area contributed by atoms with Gasteiger partial charge >= 0.3 is 6.09 Å². The Morgan fingerprint density at radius 3 is 2.48 bits per heavy atom. The molecule has 168 valence electrons. The van der Waals surface area contributed by atoms with Gasteiger partial charge in [0.15, 0.2) is 0 Å². The van der Waals surface area contributed by atoms with Crippen LogP contribution in [0.25, 0.3) is 5.69 Å². The van der Waals surface area contributed by atoms with E-state index in [1.54, 1.807) is 30.0 Å². The van der Waals surface area contributed by atoms with Crippen molar-refractivity contribution in [3.05, 3.63) is 47.5 Å². The van der Waals surface area contributed by atoms with Crippen LogP contribution >= 0.6 is 0 Å². The molecule has 1 aliphatic rings. The molecule has 1 aromatic heterocycles. The number of ether oxygens (including phenoxy) is 1. The van der Waals surface area contributed by atoms with Crippen molar-refractivity contribution in [1.29, 1.82) is 0 Å². The van der Waals surface area contributed by atoms with Gasteiger partial charge in [-0.1, -0.05) is 12.1 Å². The van der Waals surface area contributed by atoms with E-state index in [4.69, 9.17) is 4.74 Å². The third-order valence-electron chi connectivity index (χ3n) is 5.07. The summed E-state index contributed by atoms with van der Waals surface area (Å²) in [5, 5.41) is 7.07. The molecule has 1 saturated heterocycles. The summed E-state index contributed by atoms with van der Waals surface area (Å²) in [6.45, 7) is 11.1. The number of halogens is 1. The Balaban J connectivity index is 1.46. The molecule has 0 saturated carbocycles. The maximum atomic E-state index is 14.0. The molecule has 8 nitrogen and oxygen atoms in total. The minimum absolute atomic E-state index is 0.243. The van der Waals surface area contributed by atoms with Gasteiger partial charge in [-0.15, -0.1) is 0 Å². The number of hydrogen-bond donors (Lipinski definition) is 1. The smallest absolute Gasteiger partial charge is 0.410 e. The summed E-state index contributed by atoms with van der Waals surface area (Å²) >= 11 is 0. The summed E-state index contributed by atoms with van der Waals surface area (Å²) in [5.41, 5.74) is 0.796. The first-order valence-electron chi connectivity index (χ1n) is 10.4. The number of benzene rings is 1. The normalized spacial score (nSPS) is 15.1. The summed E-state index contributed by atoms with van der Waals surface area (Å²) in [4.78, 5) is 28.6. The lowest BCUT2D eigenvalue weighted by Crippen LogP contribution is -2.51. The molecule has 1 N–H and O–H groups in total. The second-order valence-electron chi connectivity index (χ2n) is 8.57. The van der Waals surface area contributed by atoms with Gasteiger partial charge in [0.05, 0.1) is 17.5 Å². The van der Waals surface area contributed by atoms with E-state index < -0.39 is 11.4 Å². The molecule has 1 aromatic carbocycles. The van der Waals surface area contributed by atoms with E-state index in [0.717, 1.165) is 13.1 Å². The second kappa shape index (κ2) is 9.47. The number of rotatable bonds is 5. The molecule has 0 radical (unpaired) electrons. The zero-order valence-corrected chi connectivity index (χ0v) is 18.5. The van der Waals surface area contributed by atoms with Crippen LogP contribution in [-0.2, 0) is 4.74 Å². The zero-order chi connectivity index (χ0) is 22.6. The van der Waals surface area contributed by atoms with Crippen molar-refractivity contribution in [1.82, 2.24) is 24.9 Å². The lowest BCUT2D eigenvalue weighted by atomic mass is 10.2. The Bertz CT molecular complexity index is 929. The van der Waals surface area contributed by atoms with Crippen molar-refractivity contribution in [2.24, 2.45) is 0 Å². The molecule has 0 bridgehead atoms. The minimum Gasteiger partial charge on any atom is -0.444 e. The highest BCUT2D eigenvalue weighted by atomic mass is 19.1. The minimum atomic E-state index is -0.503. The highest BCUT2D eigenvalue weighted by Gasteiger charge is 2.25. The van der Waals surface area contributed by atoms with Crippen LogP contribution in [0.2, 0.25) is 0 Å². The fourth-order valence-corrected chi connectivity index (χ4v) is 3.40. The van der Waals surface area contributed by atoms with Crippen LogP contribution in [0.3, 0.4) is 0 Å². The van der Waals surface area contributed by atoms with Crippen molar-refractivity contribution >= 4 is 12.0 Å². The van der Waals surface area contributed by atoms with Gasteiger partial charge in [-0.25, -0.2) is 13.9 Å². The molecule has 9 heteroatoms. The van der Waals surface area contributed by atoms with Crippen LogP contribution in [0.15, 0.2) is 30.5 Å². The Morgan fingerprint density at radius 1 is 1.16 bits per heavy atom. The van der Waals surface area contributed by atoms with Crippen LogP contribution in [-0.4, -0.2) is 76.5 Å². The van der Waals surface area contributed by atoms with Crippen LogP contribution < -0.4 is 5.32 Å². The molecule has 31 heavy (non-hydrogen) atoms. The second-order valence-corrected chi connectivity index (χ2v) is 8.57. The van der Waals surface area contributed by atoms with E-state index in [1.165, 1.54) is 16.9 Å². The van der Waals surface area contributed by atoms with Gasteiger partial charge in [0, 0.05) is 39.3 Å². The Morgan fingerprint density at radius 2 is 1.84 bits per heavy atom. The number of piperazine rings is 1. The molecule has 2 aromatic rings. The molecule has 1 fully saturated rings. The fraction of sp³-hybridized carbons (Fsp3) is 0.500. The predicted molar refractivity (Wildman–Crippen MR) is 115 cm³/mol. The van der Waals surface area contributed by atoms with Gasteiger partial charge in [-0.2, -0.15) is 5.10 Å². The van der Waals surface area contributed by atoms with E-state index in [1.807, 2.05) is 20.8 Å². The van der Waals surface area contributed by atoms with E-state index in [0.29, 0.717) is 43.1 Å². The number of nitrogens with one attached hydrogen (secondary N) is 1. The summed E-state index contributed by atoms with van der Waals surface area (Å²) in [6.07, 6.45) is 1.17. The fourth-order valence-electron chi connectivity index (χ4n) is 3.40. The molecule has 0 unspecified atom stereocenters. The lowest BCUT2D eigenvalue weighted by Gasteiger charge is -2.35. The van der Waals surface area contributed by atoms with Gasteiger partial charge in [0.2, 0.25) is 0 Å². The molecule has 3 rings (SSSR count). The average Bonchev–Trinajstić information content (AvgIpc) is 3.09. The molecule has 0 spiro atoms. The molecular weight excluding hydrogens is 401 g/mol. The summed E-state index contributed by atoms with van der Waals surface area (Å²) in [5.74, 6) is -0.640. The first-order chi connectivity index (χ1) is 14.7. The maximum Gasteiger partial charge on any atom is 0.410 e. The molecule has 0 aliphatic carbocycles. The standard InChI is InChI=1S/C22H30FN5O3/c1-16-17(15-25-28(16)19-8-6-5-7-18(19)23)20(29)24-9-10-26-11-13-27(14-12-26)21(30)31-22(2,3)4/h5-8,15H,9-14H2,1-4H3,(H,24,29). The van der Waals surface area contributed by atoms with E-state index in [-0.39, 0.29) is 12.0 Å². The number of carbonyl (C=O) groups is 2. The van der Waals surface area contributed by atoms with E-state index >= 15 is 0 Å². The number of hydrogen-bond acceptors (Lipinski definition) is 5. The lowest BCUT2D eigenvalue weighted by molar-refractivity contribution is 0.0147. The van der Waals surface area contributed by atoms with Gasteiger partial charge in [-0.05, 0) is 39.8 Å². The van der Waals surface area contributed by atoms with Crippen LogP contribution in [0, 0.1) is 12.7 Å². The van der Waals surface area contributed by atoms with Crippen LogP contribution in [0.1, 0.15) is 36.8 Å². The zero-order valence-electron chi connectivity index (χ0n) is 18.5. The van der Waals surface area contributed by atoms with Gasteiger partial charge in [0.25, 0.3) is 5.91 Å². The van der Waals surface area contributed by atoms with E-state index in [2.05, 4.69) is 15.3 Å². The van der Waals surface area contributed by atoms with Crippen molar-refractivity contribution in [3.63, 3.8) is 0 Å². The summed E-state index contributed by atoms with van der Waals surface area (Å²) in [7, 11) is 0. The average molecular weight is 432 g/mol. The SMILES string of the molecule is Cc1c(C(=O)NCCN2CCN(C(=O)OC(C)(C)C)CC2)cnn1-c1ccccc1F. The number of para-hydroxylation sites is 1. The summed E-state index contributed by atoms with van der Waals surface area (Å²) in [6, 6.07) is 6.31. The Kier molecular flexibility index (Phi) is 6.94. The third kappa shape index (κ3) is 5.81. The monoisotopic (exact) mass is 431 g/mol. The van der Waals surface area contributed by atoms with Gasteiger partial charge in [0.1, 0.15) is 17.1 Å². The topological polar surface area (TPSA) is 79.7 Å². The predicted octanol–water partition coefficient (Wildman–Crippen LogP) is 2.60. The molecular formula is C22H30FN5O3. The maximum absolute atomic E-state index is 14.0. The van der Waals surface area contributed by atoms with E-state index in [9.17, 15) is 14.0 Å². The van der Waals surface area contributed by atoms with Crippen LogP contribution in [0.4, 0.5) is 9.18 Å². The highest BCUT2D eigenvalue weighted by Crippen LogP contribution is 2.17. The van der Waals surface area contributed by atoms with Crippen molar-refractivity contribution in [2.45, 2.75) is 33.3 Å². The molecule has 0 atom stereocenters. The third-order valence-corrected chi connectivity index (χ3v) is 5.07. The molecule has 2 amide bonds. The number of amides is 2. The van der Waals surface area contributed by atoms with Crippen LogP contribution in [0.5, 0.6) is 0 Å². The Labute approximate surface area is 182 Å². The highest BCUT2D eigenvalue weighted by molar-refractivity contribution is 5.95. The van der Waals surface area contributed by atoms with Gasteiger partial charge < -0.3 is 15.0 Å². The van der Waals surface area contributed by atoms with Crippen molar-refractivity contribution in [3.8, 4) is 5.69 Å². The van der Waals surface area contributed by atoms with Crippen molar-refractivity contribution < 1.29 is 18.7 Å². The van der Waals surface area contributed by atoms with Crippen molar-refractivity contribution in [2.75, 3.05) is 39.3 Å². The molecule has 2 heterocycles.